The summed E-state index contributed by atoms with van der Waals surface area (Å²) in [6.45, 7) is 8.92. The molecule has 116 valence electrons. The Kier molecular flexibility index (Phi) is 6.40. The minimum absolute atomic E-state index is 0.392. The number of hydrogen-bond donors (Lipinski definition) is 0. The van der Waals surface area contributed by atoms with Gasteiger partial charge in [-0.3, -0.25) is 9.59 Å². The smallest absolute Gasteiger partial charge is 0.316 e. The number of esters is 2. The summed E-state index contributed by atoms with van der Waals surface area (Å²) in [5, 5.41) is 0. The van der Waals surface area contributed by atoms with E-state index in [-0.39, 0.29) is 0 Å². The van der Waals surface area contributed by atoms with Crippen LogP contribution in [0.3, 0.4) is 0 Å². The van der Waals surface area contributed by atoms with Crippen molar-refractivity contribution in [2.24, 2.45) is 5.92 Å². The highest BCUT2D eigenvalue weighted by Crippen LogP contribution is 2.19. The quantitative estimate of drug-likeness (QED) is 0.595. The molecule has 4 nitrogen and oxygen atoms in total. The van der Waals surface area contributed by atoms with Crippen LogP contribution in [-0.2, 0) is 25.5 Å². The van der Waals surface area contributed by atoms with Gasteiger partial charge in [-0.2, -0.15) is 0 Å². The van der Waals surface area contributed by atoms with Crippen molar-refractivity contribution >= 4 is 11.9 Å². The fourth-order valence-electron chi connectivity index (χ4n) is 2.07. The maximum Gasteiger partial charge on any atom is 0.316 e. The third kappa shape index (κ3) is 5.98. The Morgan fingerprint density at radius 3 is 2.05 bits per heavy atom. The van der Waals surface area contributed by atoms with Gasteiger partial charge in [-0.05, 0) is 30.4 Å². The van der Waals surface area contributed by atoms with Gasteiger partial charge in [0.05, 0.1) is 5.92 Å². The highest BCUT2D eigenvalue weighted by molar-refractivity contribution is 5.78. The molecule has 0 unspecified atom stereocenters. The van der Waals surface area contributed by atoms with Crippen molar-refractivity contribution < 1.29 is 19.1 Å². The van der Waals surface area contributed by atoms with Gasteiger partial charge in [0.2, 0.25) is 6.29 Å². The summed E-state index contributed by atoms with van der Waals surface area (Å²) in [6.07, 6.45) is 0.153. The van der Waals surface area contributed by atoms with Gasteiger partial charge in [0.1, 0.15) is 0 Å². The van der Waals surface area contributed by atoms with Crippen LogP contribution in [0, 0.1) is 5.92 Å². The highest BCUT2D eigenvalue weighted by Gasteiger charge is 2.20. The summed E-state index contributed by atoms with van der Waals surface area (Å²) in [7, 11) is 0. The van der Waals surface area contributed by atoms with Gasteiger partial charge in [-0.1, -0.05) is 38.1 Å². The van der Waals surface area contributed by atoms with E-state index in [2.05, 4.69) is 13.8 Å². The number of rotatable bonds is 6. The van der Waals surface area contributed by atoms with Gasteiger partial charge < -0.3 is 9.47 Å². The molecule has 1 aromatic rings. The molecular formula is C17H24O4. The van der Waals surface area contributed by atoms with Crippen LogP contribution in [0.5, 0.6) is 0 Å². The zero-order chi connectivity index (χ0) is 16.0. The van der Waals surface area contributed by atoms with Crippen molar-refractivity contribution in [2.45, 2.75) is 53.2 Å². The summed E-state index contributed by atoms with van der Waals surface area (Å²) in [5.74, 6) is -0.666. The molecule has 2 atom stereocenters. The van der Waals surface area contributed by atoms with Crippen LogP contribution in [0.4, 0.5) is 0 Å². The normalized spacial score (nSPS) is 13.6. The van der Waals surface area contributed by atoms with Gasteiger partial charge in [0.15, 0.2) is 0 Å². The van der Waals surface area contributed by atoms with Crippen LogP contribution in [0.15, 0.2) is 24.3 Å². The zero-order valence-corrected chi connectivity index (χ0v) is 13.4. The molecule has 4 heteroatoms. The van der Waals surface area contributed by atoms with Crippen molar-refractivity contribution in [2.75, 3.05) is 0 Å². The average molecular weight is 292 g/mol. The summed E-state index contributed by atoms with van der Waals surface area (Å²) in [4.78, 5) is 22.8. The second-order valence-electron chi connectivity index (χ2n) is 5.68. The molecule has 0 radical (unpaired) electrons. The molecule has 0 bridgehead atoms. The maximum atomic E-state index is 12.0. The summed E-state index contributed by atoms with van der Waals surface area (Å²) in [6, 6.07) is 7.96. The largest absolute Gasteiger partial charge is 0.426 e. The van der Waals surface area contributed by atoms with Crippen LogP contribution in [-0.4, -0.2) is 18.2 Å². The molecule has 0 aromatic heterocycles. The summed E-state index contributed by atoms with van der Waals surface area (Å²) < 4.78 is 9.88. The number of ether oxygens (including phenoxy) is 2. The molecule has 0 amide bonds. The lowest BCUT2D eigenvalue weighted by atomic mass is 9.97. The summed E-state index contributed by atoms with van der Waals surface area (Å²) in [5.41, 5.74) is 2.14. The monoisotopic (exact) mass is 292 g/mol. The van der Waals surface area contributed by atoms with Gasteiger partial charge in [0.25, 0.3) is 0 Å². The van der Waals surface area contributed by atoms with Crippen LogP contribution in [0.25, 0.3) is 0 Å². The number of hydrogen-bond acceptors (Lipinski definition) is 4. The minimum Gasteiger partial charge on any atom is -0.426 e. The summed E-state index contributed by atoms with van der Waals surface area (Å²) >= 11 is 0. The van der Waals surface area contributed by atoms with Crippen LogP contribution < -0.4 is 0 Å². The Morgan fingerprint density at radius 1 is 1.00 bits per heavy atom. The fourth-order valence-corrected chi connectivity index (χ4v) is 2.07. The number of benzene rings is 1. The first kappa shape index (κ1) is 17.2. The fraction of sp³-hybridized carbons (Fsp3) is 0.529. The van der Waals surface area contributed by atoms with Crippen molar-refractivity contribution in [3.8, 4) is 0 Å². The van der Waals surface area contributed by atoms with Crippen molar-refractivity contribution in [1.82, 2.24) is 0 Å². The van der Waals surface area contributed by atoms with E-state index in [1.54, 1.807) is 6.92 Å². The molecule has 1 aromatic carbocycles. The first-order valence-corrected chi connectivity index (χ1v) is 7.26. The van der Waals surface area contributed by atoms with E-state index in [9.17, 15) is 9.59 Å². The second-order valence-corrected chi connectivity index (χ2v) is 5.68. The molecule has 0 spiro atoms. The van der Waals surface area contributed by atoms with Crippen molar-refractivity contribution in [3.63, 3.8) is 0 Å². The molecular weight excluding hydrogens is 268 g/mol. The predicted octanol–water partition coefficient (Wildman–Crippen LogP) is 3.44. The van der Waals surface area contributed by atoms with Gasteiger partial charge in [0, 0.05) is 13.8 Å². The van der Waals surface area contributed by atoms with Crippen molar-refractivity contribution in [1.29, 1.82) is 0 Å². The molecule has 0 aliphatic heterocycles. The van der Waals surface area contributed by atoms with Gasteiger partial charge in [-0.15, -0.1) is 0 Å². The molecule has 0 saturated carbocycles. The van der Waals surface area contributed by atoms with Crippen molar-refractivity contribution in [3.05, 3.63) is 35.4 Å². The Labute approximate surface area is 126 Å². The van der Waals surface area contributed by atoms with Gasteiger partial charge in [-0.25, -0.2) is 0 Å². The third-order valence-electron chi connectivity index (χ3n) is 3.09. The van der Waals surface area contributed by atoms with E-state index in [1.165, 1.54) is 19.4 Å². The lowest BCUT2D eigenvalue weighted by Crippen LogP contribution is -2.23. The van der Waals surface area contributed by atoms with Gasteiger partial charge >= 0.3 is 11.9 Å². The third-order valence-corrected chi connectivity index (χ3v) is 3.09. The van der Waals surface area contributed by atoms with Crippen LogP contribution in [0.2, 0.25) is 0 Å². The molecule has 0 aliphatic rings. The second kappa shape index (κ2) is 7.81. The van der Waals surface area contributed by atoms with E-state index in [0.29, 0.717) is 5.92 Å². The van der Waals surface area contributed by atoms with E-state index < -0.39 is 24.1 Å². The zero-order valence-electron chi connectivity index (χ0n) is 13.4. The van der Waals surface area contributed by atoms with E-state index in [4.69, 9.17) is 9.47 Å². The molecule has 1 rings (SSSR count). The molecule has 0 fully saturated rings. The van der Waals surface area contributed by atoms with E-state index >= 15 is 0 Å². The molecule has 21 heavy (non-hydrogen) atoms. The number of carbonyl (C=O) groups is 2. The lowest BCUT2D eigenvalue weighted by Gasteiger charge is -2.17. The average Bonchev–Trinajstić information content (AvgIpc) is 2.36. The minimum atomic E-state index is -0.863. The topological polar surface area (TPSA) is 52.6 Å². The Morgan fingerprint density at radius 2 is 1.57 bits per heavy atom. The van der Waals surface area contributed by atoms with Crippen LogP contribution >= 0.6 is 0 Å². The standard InChI is InChI=1S/C17H24O4/c1-11(2)10-15-6-8-16(9-7-15)12(3)17(19)21-14(5)20-13(4)18/h6-9,11-12,14H,10H2,1-5H3/t12-,14+/m0/s1. The lowest BCUT2D eigenvalue weighted by molar-refractivity contribution is -0.183. The maximum absolute atomic E-state index is 12.0. The molecule has 0 heterocycles. The molecule has 0 N–H and O–H groups in total. The molecule has 0 saturated heterocycles. The Hall–Kier alpha value is -1.84. The Bertz CT molecular complexity index is 476. The first-order chi connectivity index (χ1) is 9.79. The SMILES string of the molecule is CC(=O)O[C@@H](C)OC(=O)[C@@H](C)c1ccc(CC(C)C)cc1. The predicted molar refractivity (Wildman–Crippen MR) is 80.7 cm³/mol. The Balaban J connectivity index is 2.63. The van der Waals surface area contributed by atoms with E-state index in [0.717, 1.165) is 12.0 Å². The van der Waals surface area contributed by atoms with E-state index in [1.807, 2.05) is 24.3 Å². The molecule has 0 aliphatic carbocycles. The number of carbonyl (C=O) groups excluding carboxylic acids is 2. The first-order valence-electron chi connectivity index (χ1n) is 7.26. The highest BCUT2D eigenvalue weighted by atomic mass is 16.7. The van der Waals surface area contributed by atoms with Crippen LogP contribution in [0.1, 0.15) is 51.7 Å².